The van der Waals surface area contributed by atoms with Crippen LogP contribution in [0.4, 0.5) is 0 Å². The number of amides is 6. The number of carbonyl (C=O) groups is 7. The van der Waals surface area contributed by atoms with Gasteiger partial charge in [-0.05, 0) is 36.1 Å². The lowest BCUT2D eigenvalue weighted by atomic mass is 9.96. The highest BCUT2D eigenvalue weighted by Gasteiger charge is 2.35. The van der Waals surface area contributed by atoms with Crippen LogP contribution in [0.5, 0.6) is 5.75 Å². The standard InChI is InChI=1S/C36H51N7O12/c1-4-19(2)29(42-32(50)25(15-22-10-12-23(47)13-11-22)39-28(48)16-38-31(49)24(37)17-44)34(52)40-26(14-21-8-6-5-7-9-21)33(51)43-30(20(3)46)35(53)41-27(18-45)36(54)55/h5-13,19-20,24-27,29-30,44-47H,4,14-18,37H2,1-3H3,(H,38,49)(H,39,48)(H,40,52)(H,41,53)(H,42,50)(H,43,51)(H,54,55)/t19-,20+,24-,25-,26-,27-,29-,30-/m0/s1. The highest BCUT2D eigenvalue weighted by atomic mass is 16.4. The molecular weight excluding hydrogens is 722 g/mol. The number of aliphatic hydroxyl groups is 3. The van der Waals surface area contributed by atoms with Gasteiger partial charge in [0.2, 0.25) is 35.4 Å². The van der Waals surface area contributed by atoms with Crippen molar-refractivity contribution in [1.29, 1.82) is 0 Å². The van der Waals surface area contributed by atoms with Crippen molar-refractivity contribution in [1.82, 2.24) is 31.9 Å². The van der Waals surface area contributed by atoms with Crippen molar-refractivity contribution in [2.45, 2.75) is 82.4 Å². The minimum absolute atomic E-state index is 0.0469. The molecule has 6 amide bonds. The van der Waals surface area contributed by atoms with Gasteiger partial charge in [-0.3, -0.25) is 28.8 Å². The molecule has 0 spiro atoms. The first kappa shape index (κ1) is 45.5. The molecule has 0 bridgehead atoms. The Kier molecular flexibility index (Phi) is 18.7. The third-order valence-corrected chi connectivity index (χ3v) is 8.55. The van der Waals surface area contributed by atoms with E-state index >= 15 is 0 Å². The summed E-state index contributed by atoms with van der Waals surface area (Å²) in [6.07, 6.45) is -1.41. The van der Waals surface area contributed by atoms with E-state index in [1.54, 1.807) is 44.2 Å². The quantitative estimate of drug-likeness (QED) is 0.0555. The van der Waals surface area contributed by atoms with Crippen LogP contribution < -0.4 is 37.6 Å². The highest BCUT2D eigenvalue weighted by molar-refractivity contribution is 5.97. The first-order chi connectivity index (χ1) is 26.0. The van der Waals surface area contributed by atoms with E-state index in [4.69, 9.17) is 10.8 Å². The average Bonchev–Trinajstić information content (AvgIpc) is 3.16. The maximum Gasteiger partial charge on any atom is 0.328 e. The van der Waals surface area contributed by atoms with Crippen molar-refractivity contribution in [3.63, 3.8) is 0 Å². The van der Waals surface area contributed by atoms with Crippen LogP contribution in [0.2, 0.25) is 0 Å². The molecule has 0 heterocycles. The number of aliphatic hydroxyl groups excluding tert-OH is 3. The number of nitrogens with two attached hydrogens (primary N) is 1. The second-order valence-corrected chi connectivity index (χ2v) is 12.9. The van der Waals surface area contributed by atoms with E-state index < -0.39 is 109 Å². The smallest absolute Gasteiger partial charge is 0.328 e. The fourth-order valence-electron chi connectivity index (χ4n) is 5.09. The normalized spacial score (nSPS) is 15.3. The zero-order chi connectivity index (χ0) is 41.2. The first-order valence-electron chi connectivity index (χ1n) is 17.5. The second-order valence-electron chi connectivity index (χ2n) is 12.9. The maximum absolute atomic E-state index is 14.0. The van der Waals surface area contributed by atoms with Gasteiger partial charge < -0.3 is 63.2 Å². The lowest BCUT2D eigenvalue weighted by Gasteiger charge is -2.29. The SMILES string of the molecule is CC[C@H](C)[C@H](NC(=O)[C@H](Cc1ccc(O)cc1)NC(=O)CNC(=O)[C@@H](N)CO)C(=O)N[C@@H](Cc1ccccc1)C(=O)N[C@H](C(=O)N[C@@H](CO)C(=O)O)[C@@H](C)O. The average molecular weight is 774 g/mol. The van der Waals surface area contributed by atoms with Crippen LogP contribution >= 0.6 is 0 Å². The van der Waals surface area contributed by atoms with Crippen molar-refractivity contribution in [2.24, 2.45) is 11.7 Å². The zero-order valence-corrected chi connectivity index (χ0v) is 30.7. The van der Waals surface area contributed by atoms with Crippen molar-refractivity contribution in [3.05, 3.63) is 65.7 Å². The molecule has 0 saturated heterocycles. The Bertz CT molecular complexity index is 1610. The predicted molar refractivity (Wildman–Crippen MR) is 196 cm³/mol. The largest absolute Gasteiger partial charge is 0.508 e. The molecular formula is C36H51N7O12. The molecule has 2 aromatic carbocycles. The number of hydrogen-bond donors (Lipinski definition) is 12. The number of carbonyl (C=O) groups excluding carboxylic acids is 6. The fraction of sp³-hybridized carbons (Fsp3) is 0.472. The molecule has 19 nitrogen and oxygen atoms in total. The molecule has 2 rings (SSSR count). The summed E-state index contributed by atoms with van der Waals surface area (Å²) in [4.78, 5) is 90.6. The third-order valence-electron chi connectivity index (χ3n) is 8.55. The number of carboxylic acid groups (broad SMARTS) is 1. The van der Waals surface area contributed by atoms with Gasteiger partial charge >= 0.3 is 5.97 Å². The number of benzene rings is 2. The molecule has 302 valence electrons. The van der Waals surface area contributed by atoms with Crippen LogP contribution in [0.25, 0.3) is 0 Å². The Morgan fingerprint density at radius 1 is 0.655 bits per heavy atom. The van der Waals surface area contributed by atoms with Gasteiger partial charge in [-0.15, -0.1) is 0 Å². The molecule has 0 aromatic heterocycles. The number of aliphatic carboxylic acids is 1. The van der Waals surface area contributed by atoms with Crippen LogP contribution in [0, 0.1) is 5.92 Å². The summed E-state index contributed by atoms with van der Waals surface area (Å²) in [7, 11) is 0. The number of phenols is 1. The van der Waals surface area contributed by atoms with Gasteiger partial charge in [-0.25, -0.2) is 4.79 Å². The Morgan fingerprint density at radius 2 is 1.16 bits per heavy atom. The summed E-state index contributed by atoms with van der Waals surface area (Å²) in [6.45, 7) is 2.36. The summed E-state index contributed by atoms with van der Waals surface area (Å²) in [5, 5.41) is 62.1. The van der Waals surface area contributed by atoms with E-state index in [1.165, 1.54) is 31.2 Å². The second kappa shape index (κ2) is 22.6. The number of rotatable bonds is 22. The summed E-state index contributed by atoms with van der Waals surface area (Å²) >= 11 is 0. The van der Waals surface area contributed by atoms with Crippen LogP contribution in [0.15, 0.2) is 54.6 Å². The van der Waals surface area contributed by atoms with Crippen molar-refractivity contribution < 1.29 is 59.1 Å². The molecule has 55 heavy (non-hydrogen) atoms. The van der Waals surface area contributed by atoms with Crippen LogP contribution in [0.1, 0.15) is 38.3 Å². The monoisotopic (exact) mass is 773 g/mol. The lowest BCUT2D eigenvalue weighted by molar-refractivity contribution is -0.144. The van der Waals surface area contributed by atoms with Crippen LogP contribution in [-0.4, -0.2) is 129 Å². The lowest BCUT2D eigenvalue weighted by Crippen LogP contribution is -2.62. The van der Waals surface area contributed by atoms with E-state index in [2.05, 4.69) is 26.6 Å². The Labute approximate surface area is 317 Å². The van der Waals surface area contributed by atoms with Gasteiger partial charge in [0.05, 0.1) is 25.9 Å². The van der Waals surface area contributed by atoms with Gasteiger partial charge in [0.1, 0.15) is 42.0 Å². The summed E-state index contributed by atoms with van der Waals surface area (Å²) < 4.78 is 0. The van der Waals surface area contributed by atoms with Gasteiger partial charge in [0.25, 0.3) is 0 Å². The number of aromatic hydroxyl groups is 1. The van der Waals surface area contributed by atoms with Crippen LogP contribution in [-0.2, 0) is 46.4 Å². The summed E-state index contributed by atoms with van der Waals surface area (Å²) in [5.41, 5.74) is 6.57. The minimum atomic E-state index is -1.73. The Balaban J connectivity index is 2.38. The van der Waals surface area contributed by atoms with Crippen molar-refractivity contribution in [3.8, 4) is 5.75 Å². The summed E-state index contributed by atoms with van der Waals surface area (Å²) in [6, 6.07) is 5.52. The molecule has 0 aliphatic rings. The van der Waals surface area contributed by atoms with Gasteiger partial charge in [-0.2, -0.15) is 0 Å². The molecule has 19 heteroatoms. The van der Waals surface area contributed by atoms with Crippen LogP contribution in [0.3, 0.4) is 0 Å². The molecule has 0 unspecified atom stereocenters. The Morgan fingerprint density at radius 3 is 1.67 bits per heavy atom. The van der Waals surface area contributed by atoms with Gasteiger partial charge in [0.15, 0.2) is 0 Å². The number of hydrogen-bond acceptors (Lipinski definition) is 12. The summed E-state index contributed by atoms with van der Waals surface area (Å²) in [5.74, 6) is -7.44. The fourth-order valence-corrected chi connectivity index (χ4v) is 5.09. The number of phenolic OH excluding ortho intramolecular Hbond substituents is 1. The van der Waals surface area contributed by atoms with E-state index in [9.17, 15) is 54.0 Å². The highest BCUT2D eigenvalue weighted by Crippen LogP contribution is 2.14. The third kappa shape index (κ3) is 15.0. The topological polar surface area (TPSA) is 319 Å². The first-order valence-corrected chi connectivity index (χ1v) is 17.5. The Hall–Kier alpha value is -5.63. The van der Waals surface area contributed by atoms with Crippen molar-refractivity contribution in [2.75, 3.05) is 19.8 Å². The minimum Gasteiger partial charge on any atom is -0.508 e. The molecule has 0 fully saturated rings. The van der Waals surface area contributed by atoms with Gasteiger partial charge in [0, 0.05) is 12.8 Å². The molecule has 13 N–H and O–H groups in total. The molecule has 0 aliphatic heterocycles. The molecule has 0 saturated carbocycles. The molecule has 0 radical (unpaired) electrons. The maximum atomic E-state index is 14.0. The van der Waals surface area contributed by atoms with Gasteiger partial charge in [-0.1, -0.05) is 62.7 Å². The van der Waals surface area contributed by atoms with E-state index in [0.29, 0.717) is 17.5 Å². The zero-order valence-electron chi connectivity index (χ0n) is 30.7. The molecule has 8 atom stereocenters. The van der Waals surface area contributed by atoms with E-state index in [0.717, 1.165) is 0 Å². The van der Waals surface area contributed by atoms with E-state index in [1.807, 2.05) is 5.32 Å². The number of carboxylic acids is 1. The molecule has 0 aliphatic carbocycles. The number of nitrogens with one attached hydrogen (secondary N) is 6. The van der Waals surface area contributed by atoms with Crippen molar-refractivity contribution >= 4 is 41.4 Å². The predicted octanol–water partition coefficient (Wildman–Crippen LogP) is -3.46. The molecule has 2 aromatic rings. The van der Waals surface area contributed by atoms with E-state index in [-0.39, 0.29) is 18.6 Å².